The van der Waals surface area contributed by atoms with E-state index in [1.165, 1.54) is 19.3 Å². The molecule has 0 aromatic heterocycles. The number of aliphatic imine (C=N–C) groups is 1. The third-order valence-electron chi connectivity index (χ3n) is 2.65. The van der Waals surface area contributed by atoms with Gasteiger partial charge in [-0.3, -0.25) is 10.2 Å². The van der Waals surface area contributed by atoms with Gasteiger partial charge in [0.25, 0.3) is 0 Å². The molecule has 4 nitrogen and oxygen atoms in total. The third-order valence-corrected chi connectivity index (χ3v) is 2.65. The Kier molecular flexibility index (Phi) is 3.34. The molecule has 0 aromatic rings. The van der Waals surface area contributed by atoms with Gasteiger partial charge in [-0.25, -0.2) is 5.48 Å². The summed E-state index contributed by atoms with van der Waals surface area (Å²) in [5, 5.41) is 8.37. The normalized spacial score (nSPS) is 30.7. The molecule has 1 aliphatic rings. The minimum Gasteiger partial charge on any atom is -0.368 e. The van der Waals surface area contributed by atoms with Gasteiger partial charge in [0, 0.05) is 6.54 Å². The molecule has 2 atom stereocenters. The van der Waals surface area contributed by atoms with E-state index in [2.05, 4.69) is 11.9 Å². The lowest BCUT2D eigenvalue weighted by Crippen LogP contribution is -2.29. The number of nitrogens with one attached hydrogen (secondary N) is 1. The van der Waals surface area contributed by atoms with Crippen molar-refractivity contribution in [2.24, 2.45) is 22.6 Å². The van der Waals surface area contributed by atoms with Crippen LogP contribution in [0.5, 0.6) is 0 Å². The summed E-state index contributed by atoms with van der Waals surface area (Å²) >= 11 is 0. The molecular formula is C8H17N3O. The Morgan fingerprint density at radius 1 is 1.67 bits per heavy atom. The van der Waals surface area contributed by atoms with Crippen molar-refractivity contribution in [1.29, 1.82) is 0 Å². The molecule has 0 amide bonds. The minimum absolute atomic E-state index is 0.120. The van der Waals surface area contributed by atoms with Gasteiger partial charge in [-0.05, 0) is 18.3 Å². The lowest BCUT2D eigenvalue weighted by atomic mass is 9.99. The van der Waals surface area contributed by atoms with Gasteiger partial charge in [0.1, 0.15) is 0 Å². The quantitative estimate of drug-likeness (QED) is 0.325. The van der Waals surface area contributed by atoms with Crippen LogP contribution in [0.15, 0.2) is 4.99 Å². The Bertz CT molecular complexity index is 170. The Balaban J connectivity index is 2.31. The van der Waals surface area contributed by atoms with Crippen molar-refractivity contribution >= 4 is 5.96 Å². The van der Waals surface area contributed by atoms with E-state index >= 15 is 0 Å². The van der Waals surface area contributed by atoms with Gasteiger partial charge in [-0.2, -0.15) is 0 Å². The van der Waals surface area contributed by atoms with Crippen molar-refractivity contribution in [2.75, 3.05) is 6.54 Å². The van der Waals surface area contributed by atoms with Gasteiger partial charge in [-0.1, -0.05) is 19.8 Å². The van der Waals surface area contributed by atoms with E-state index in [4.69, 9.17) is 10.9 Å². The molecule has 0 heterocycles. The van der Waals surface area contributed by atoms with Crippen molar-refractivity contribution in [3.05, 3.63) is 0 Å². The third kappa shape index (κ3) is 2.37. The van der Waals surface area contributed by atoms with Gasteiger partial charge in [0.05, 0.1) is 0 Å². The maximum atomic E-state index is 8.37. The Morgan fingerprint density at radius 3 is 2.92 bits per heavy atom. The summed E-state index contributed by atoms with van der Waals surface area (Å²) in [4.78, 5) is 4.01. The zero-order valence-corrected chi connectivity index (χ0v) is 7.45. The van der Waals surface area contributed by atoms with Crippen LogP contribution in [0.4, 0.5) is 0 Å². The van der Waals surface area contributed by atoms with Crippen LogP contribution in [0.3, 0.4) is 0 Å². The molecule has 1 rings (SSSR count). The van der Waals surface area contributed by atoms with E-state index in [1.54, 1.807) is 0 Å². The van der Waals surface area contributed by atoms with E-state index in [1.807, 2.05) is 5.48 Å². The molecule has 12 heavy (non-hydrogen) atoms. The van der Waals surface area contributed by atoms with Crippen molar-refractivity contribution in [1.82, 2.24) is 5.48 Å². The summed E-state index contributed by atoms with van der Waals surface area (Å²) in [5.74, 6) is 1.52. The van der Waals surface area contributed by atoms with E-state index in [0.717, 1.165) is 12.5 Å². The van der Waals surface area contributed by atoms with Gasteiger partial charge in [-0.15, -0.1) is 0 Å². The minimum atomic E-state index is 0.120. The van der Waals surface area contributed by atoms with Crippen molar-refractivity contribution in [3.63, 3.8) is 0 Å². The van der Waals surface area contributed by atoms with Gasteiger partial charge in [0.2, 0.25) is 5.96 Å². The topological polar surface area (TPSA) is 70.6 Å². The van der Waals surface area contributed by atoms with Crippen LogP contribution in [0.2, 0.25) is 0 Å². The molecule has 0 aliphatic heterocycles. The number of hydrogen-bond donors (Lipinski definition) is 3. The summed E-state index contributed by atoms with van der Waals surface area (Å²) in [5.41, 5.74) is 7.12. The second-order valence-electron chi connectivity index (χ2n) is 3.51. The average Bonchev–Trinajstić information content (AvgIpc) is 2.47. The molecule has 0 radical (unpaired) electrons. The lowest BCUT2D eigenvalue weighted by Gasteiger charge is -2.11. The van der Waals surface area contributed by atoms with Gasteiger partial charge >= 0.3 is 0 Å². The fraction of sp³-hybridized carbons (Fsp3) is 0.875. The molecule has 0 aromatic carbocycles. The van der Waals surface area contributed by atoms with Crippen LogP contribution < -0.4 is 11.2 Å². The maximum Gasteiger partial charge on any atom is 0.212 e. The molecule has 0 saturated heterocycles. The first-order valence-electron chi connectivity index (χ1n) is 4.44. The van der Waals surface area contributed by atoms with Crippen LogP contribution in [0.25, 0.3) is 0 Å². The van der Waals surface area contributed by atoms with E-state index in [-0.39, 0.29) is 5.96 Å². The highest BCUT2D eigenvalue weighted by atomic mass is 16.5. The highest BCUT2D eigenvalue weighted by Crippen LogP contribution is 2.30. The standard InChI is InChI=1S/C8H17N3O/c1-6-3-2-4-7(6)5-10-8(9)11-12/h6-7,12H,2-5H2,1H3,(H3,9,10,11). The van der Waals surface area contributed by atoms with Crippen molar-refractivity contribution < 1.29 is 5.21 Å². The fourth-order valence-corrected chi connectivity index (χ4v) is 1.74. The SMILES string of the molecule is CC1CCCC1CN=C(N)NO. The predicted octanol–water partition coefficient (Wildman–Crippen LogP) is 0.716. The summed E-state index contributed by atoms with van der Waals surface area (Å²) in [6.45, 7) is 2.98. The van der Waals surface area contributed by atoms with E-state index in [0.29, 0.717) is 5.92 Å². The summed E-state index contributed by atoms with van der Waals surface area (Å²) in [6, 6.07) is 0. The van der Waals surface area contributed by atoms with Gasteiger partial charge < -0.3 is 5.73 Å². The summed E-state index contributed by atoms with van der Waals surface area (Å²) in [7, 11) is 0. The number of guanidine groups is 1. The molecule has 1 fully saturated rings. The highest BCUT2D eigenvalue weighted by molar-refractivity contribution is 5.76. The van der Waals surface area contributed by atoms with Crippen molar-refractivity contribution in [3.8, 4) is 0 Å². The Labute approximate surface area is 72.8 Å². The average molecular weight is 171 g/mol. The summed E-state index contributed by atoms with van der Waals surface area (Å²) in [6.07, 6.45) is 3.84. The first kappa shape index (κ1) is 9.32. The first-order chi connectivity index (χ1) is 5.74. The number of hydroxylamine groups is 1. The van der Waals surface area contributed by atoms with Crippen LogP contribution in [-0.4, -0.2) is 17.7 Å². The van der Waals surface area contributed by atoms with Crippen LogP contribution >= 0.6 is 0 Å². The lowest BCUT2D eigenvalue weighted by molar-refractivity contribution is 0.232. The molecule has 0 bridgehead atoms. The molecule has 2 unspecified atom stereocenters. The molecule has 70 valence electrons. The molecular weight excluding hydrogens is 154 g/mol. The smallest absolute Gasteiger partial charge is 0.212 e. The zero-order chi connectivity index (χ0) is 8.97. The molecule has 4 heteroatoms. The maximum absolute atomic E-state index is 8.37. The predicted molar refractivity (Wildman–Crippen MR) is 47.9 cm³/mol. The zero-order valence-electron chi connectivity index (χ0n) is 7.45. The van der Waals surface area contributed by atoms with Gasteiger partial charge in [0.15, 0.2) is 0 Å². The Hall–Kier alpha value is -0.770. The number of nitrogens with zero attached hydrogens (tertiary/aromatic N) is 1. The van der Waals surface area contributed by atoms with E-state index < -0.39 is 0 Å². The largest absolute Gasteiger partial charge is 0.368 e. The fourth-order valence-electron chi connectivity index (χ4n) is 1.74. The first-order valence-corrected chi connectivity index (χ1v) is 4.44. The monoisotopic (exact) mass is 171 g/mol. The highest BCUT2D eigenvalue weighted by Gasteiger charge is 2.22. The number of nitrogens with two attached hydrogens (primary N) is 1. The second-order valence-corrected chi connectivity index (χ2v) is 3.51. The molecule has 1 saturated carbocycles. The second kappa shape index (κ2) is 4.30. The van der Waals surface area contributed by atoms with Crippen molar-refractivity contribution in [2.45, 2.75) is 26.2 Å². The Morgan fingerprint density at radius 2 is 2.42 bits per heavy atom. The van der Waals surface area contributed by atoms with Crippen LogP contribution in [-0.2, 0) is 0 Å². The van der Waals surface area contributed by atoms with Crippen LogP contribution in [0.1, 0.15) is 26.2 Å². The molecule has 4 N–H and O–H groups in total. The molecule has 1 aliphatic carbocycles. The van der Waals surface area contributed by atoms with Crippen LogP contribution in [0, 0.1) is 11.8 Å². The van der Waals surface area contributed by atoms with E-state index in [9.17, 15) is 0 Å². The summed E-state index contributed by atoms with van der Waals surface area (Å²) < 4.78 is 0. The number of rotatable bonds is 2. The number of hydrogen-bond acceptors (Lipinski definition) is 2. The molecule has 0 spiro atoms.